The topological polar surface area (TPSA) is 139 Å². The van der Waals surface area contributed by atoms with Crippen LogP contribution in [-0.4, -0.2) is 78.5 Å². The lowest BCUT2D eigenvalue weighted by Gasteiger charge is -2.30. The molecular formula is C26H31F3N6O5. The first-order valence-corrected chi connectivity index (χ1v) is 12.3. The van der Waals surface area contributed by atoms with Crippen molar-refractivity contribution >= 4 is 34.5 Å². The maximum atomic E-state index is 12.8. The number of nitrogens with one attached hydrogen (secondary N) is 2. The Kier molecular flexibility index (Phi) is 9.91. The Morgan fingerprint density at radius 1 is 0.950 bits per heavy atom. The van der Waals surface area contributed by atoms with Crippen LogP contribution in [0.25, 0.3) is 10.9 Å². The lowest BCUT2D eigenvalue weighted by atomic mass is 9.91. The maximum absolute atomic E-state index is 12.8. The van der Waals surface area contributed by atoms with Crippen LogP contribution >= 0.6 is 0 Å². The number of pyridine rings is 1. The number of carbonyl (C=O) groups excluding carboxylic acids is 1. The molecule has 40 heavy (non-hydrogen) atoms. The SMILES string of the molecule is COc1ccc(C(=O)N[C@H]2CC[C@@H](Nc3nc(N(C)C)c4ccccc4n3)CC2)c(OC)n1.O=C(O)C(F)(F)F. The standard InChI is InChI=1S/C24H30N6O3.C2HF3O2/c1-30(2)21-17-7-5-6-8-19(17)27-24(29-21)26-16-11-9-15(10-12-16)25-22(31)18-13-14-20(32-3)28-23(18)33-4;3-2(4,5)1(6)7/h5-8,13-16H,9-12H2,1-4H3,(H,25,31)(H,26,27,29);(H,6,7)/t15-,16+;. The third-order valence-electron chi connectivity index (χ3n) is 6.13. The molecule has 3 aromatic rings. The van der Waals surface area contributed by atoms with Crippen LogP contribution in [0.2, 0.25) is 0 Å². The number of carboxylic acids is 1. The molecule has 1 saturated carbocycles. The zero-order chi connectivity index (χ0) is 29.4. The Hall–Kier alpha value is -4.36. The number of carboxylic acid groups (broad SMARTS) is 1. The van der Waals surface area contributed by atoms with Crippen molar-refractivity contribution in [2.45, 2.75) is 43.9 Å². The number of hydrogen-bond donors (Lipinski definition) is 3. The number of carbonyl (C=O) groups is 2. The third-order valence-corrected chi connectivity index (χ3v) is 6.13. The fraction of sp³-hybridized carbons (Fsp3) is 0.423. The predicted octanol–water partition coefficient (Wildman–Crippen LogP) is 3.89. The summed E-state index contributed by atoms with van der Waals surface area (Å²) >= 11 is 0. The number of hydrogen-bond acceptors (Lipinski definition) is 9. The first kappa shape index (κ1) is 30.2. The number of fused-ring (bicyclic) bond motifs is 1. The van der Waals surface area contributed by atoms with Gasteiger partial charge in [0.1, 0.15) is 11.4 Å². The van der Waals surface area contributed by atoms with Crippen molar-refractivity contribution in [3.8, 4) is 11.8 Å². The van der Waals surface area contributed by atoms with E-state index in [0.29, 0.717) is 17.4 Å². The summed E-state index contributed by atoms with van der Waals surface area (Å²) in [5, 5.41) is 14.8. The molecule has 0 radical (unpaired) electrons. The number of alkyl halides is 3. The number of ether oxygens (including phenoxy) is 2. The molecule has 1 aliphatic carbocycles. The molecule has 0 saturated heterocycles. The summed E-state index contributed by atoms with van der Waals surface area (Å²) in [6.45, 7) is 0. The number of para-hydroxylation sites is 1. The highest BCUT2D eigenvalue weighted by Crippen LogP contribution is 2.27. The fourth-order valence-electron chi connectivity index (χ4n) is 4.16. The average molecular weight is 565 g/mol. The molecule has 3 N–H and O–H groups in total. The van der Waals surface area contributed by atoms with Gasteiger partial charge in [-0.05, 0) is 43.9 Å². The van der Waals surface area contributed by atoms with Gasteiger partial charge in [-0.3, -0.25) is 4.79 Å². The number of benzene rings is 1. The zero-order valence-corrected chi connectivity index (χ0v) is 22.5. The van der Waals surface area contributed by atoms with Crippen molar-refractivity contribution in [2.24, 2.45) is 0 Å². The number of methoxy groups -OCH3 is 2. The van der Waals surface area contributed by atoms with Crippen molar-refractivity contribution < 1.29 is 37.3 Å². The molecule has 11 nitrogen and oxygen atoms in total. The Balaban J connectivity index is 0.000000559. The molecule has 1 aliphatic rings. The van der Waals surface area contributed by atoms with E-state index in [1.54, 1.807) is 12.1 Å². The Morgan fingerprint density at radius 2 is 1.57 bits per heavy atom. The Morgan fingerprint density at radius 3 is 2.15 bits per heavy atom. The molecule has 4 rings (SSSR count). The Labute approximate surface area is 228 Å². The summed E-state index contributed by atoms with van der Waals surface area (Å²) in [6, 6.07) is 11.7. The van der Waals surface area contributed by atoms with Crippen LogP contribution < -0.4 is 25.0 Å². The van der Waals surface area contributed by atoms with Gasteiger partial charge in [0, 0.05) is 37.6 Å². The van der Waals surface area contributed by atoms with Crippen molar-refractivity contribution in [3.05, 3.63) is 42.0 Å². The minimum absolute atomic E-state index is 0.0946. The van der Waals surface area contributed by atoms with Gasteiger partial charge in [-0.15, -0.1) is 0 Å². The van der Waals surface area contributed by atoms with Gasteiger partial charge in [-0.25, -0.2) is 9.78 Å². The highest BCUT2D eigenvalue weighted by Gasteiger charge is 2.38. The minimum atomic E-state index is -5.08. The largest absolute Gasteiger partial charge is 0.490 e. The number of anilines is 2. The van der Waals surface area contributed by atoms with Crippen LogP contribution in [0.4, 0.5) is 24.9 Å². The molecule has 0 atom stereocenters. The fourth-order valence-corrected chi connectivity index (χ4v) is 4.16. The van der Waals surface area contributed by atoms with Crippen LogP contribution in [0.5, 0.6) is 11.8 Å². The quantitative estimate of drug-likeness (QED) is 0.387. The first-order valence-electron chi connectivity index (χ1n) is 12.3. The van der Waals surface area contributed by atoms with Crippen molar-refractivity contribution in [2.75, 3.05) is 38.5 Å². The van der Waals surface area contributed by atoms with E-state index in [1.165, 1.54) is 14.2 Å². The van der Waals surface area contributed by atoms with Gasteiger partial charge in [0.15, 0.2) is 0 Å². The summed E-state index contributed by atoms with van der Waals surface area (Å²) in [5.74, 6) is -0.750. The van der Waals surface area contributed by atoms with E-state index in [-0.39, 0.29) is 23.9 Å². The Bertz CT molecular complexity index is 1330. The normalized spacial score (nSPS) is 16.8. The number of nitrogens with zero attached hydrogens (tertiary/aromatic N) is 4. The first-order chi connectivity index (χ1) is 18.9. The van der Waals surface area contributed by atoms with E-state index >= 15 is 0 Å². The van der Waals surface area contributed by atoms with E-state index in [1.807, 2.05) is 43.3 Å². The molecule has 0 spiro atoms. The van der Waals surface area contributed by atoms with E-state index < -0.39 is 12.1 Å². The summed E-state index contributed by atoms with van der Waals surface area (Å²) < 4.78 is 42.1. The average Bonchev–Trinajstić information content (AvgIpc) is 2.93. The van der Waals surface area contributed by atoms with Gasteiger partial charge in [-0.1, -0.05) is 12.1 Å². The molecule has 1 amide bonds. The number of aromatic nitrogens is 3. The number of amides is 1. The second-order valence-electron chi connectivity index (χ2n) is 9.16. The van der Waals surface area contributed by atoms with E-state index in [4.69, 9.17) is 29.3 Å². The van der Waals surface area contributed by atoms with Gasteiger partial charge >= 0.3 is 12.1 Å². The molecule has 216 valence electrons. The van der Waals surface area contributed by atoms with E-state index in [2.05, 4.69) is 15.6 Å². The molecule has 1 aromatic carbocycles. The van der Waals surface area contributed by atoms with Crippen LogP contribution in [0, 0.1) is 0 Å². The van der Waals surface area contributed by atoms with Crippen molar-refractivity contribution in [3.63, 3.8) is 0 Å². The third kappa shape index (κ3) is 7.83. The predicted molar refractivity (Wildman–Crippen MR) is 142 cm³/mol. The molecule has 14 heteroatoms. The smallest absolute Gasteiger partial charge is 0.481 e. The van der Waals surface area contributed by atoms with Crippen LogP contribution in [0.3, 0.4) is 0 Å². The van der Waals surface area contributed by atoms with Crippen molar-refractivity contribution in [1.82, 2.24) is 20.3 Å². The highest BCUT2D eigenvalue weighted by atomic mass is 19.4. The lowest BCUT2D eigenvalue weighted by Crippen LogP contribution is -2.40. The second kappa shape index (κ2) is 13.1. The molecule has 2 aromatic heterocycles. The summed E-state index contributed by atoms with van der Waals surface area (Å²) in [6.07, 6.45) is -1.53. The molecule has 0 aliphatic heterocycles. The number of rotatable bonds is 7. The maximum Gasteiger partial charge on any atom is 0.490 e. The van der Waals surface area contributed by atoms with Gasteiger partial charge in [0.25, 0.3) is 5.91 Å². The highest BCUT2D eigenvalue weighted by molar-refractivity contribution is 5.96. The molecule has 0 unspecified atom stereocenters. The number of halogens is 3. The molecule has 2 heterocycles. The lowest BCUT2D eigenvalue weighted by molar-refractivity contribution is -0.192. The summed E-state index contributed by atoms with van der Waals surface area (Å²) in [7, 11) is 6.99. The molecular weight excluding hydrogens is 533 g/mol. The summed E-state index contributed by atoms with van der Waals surface area (Å²) in [5.41, 5.74) is 1.32. The van der Waals surface area contributed by atoms with Crippen LogP contribution in [0.15, 0.2) is 36.4 Å². The summed E-state index contributed by atoms with van der Waals surface area (Å²) in [4.78, 5) is 37.3. The van der Waals surface area contributed by atoms with Gasteiger partial charge in [0.2, 0.25) is 17.7 Å². The second-order valence-corrected chi connectivity index (χ2v) is 9.16. The number of aliphatic carboxylic acids is 1. The monoisotopic (exact) mass is 564 g/mol. The van der Waals surface area contributed by atoms with Crippen molar-refractivity contribution in [1.29, 1.82) is 0 Å². The van der Waals surface area contributed by atoms with Gasteiger partial charge < -0.3 is 30.1 Å². The van der Waals surface area contributed by atoms with E-state index in [0.717, 1.165) is 42.4 Å². The van der Waals surface area contributed by atoms with Gasteiger partial charge in [-0.2, -0.15) is 23.1 Å². The van der Waals surface area contributed by atoms with E-state index in [9.17, 15) is 18.0 Å². The zero-order valence-electron chi connectivity index (χ0n) is 22.5. The van der Waals surface area contributed by atoms with Crippen LogP contribution in [-0.2, 0) is 4.79 Å². The van der Waals surface area contributed by atoms with Gasteiger partial charge in [0.05, 0.1) is 19.7 Å². The van der Waals surface area contributed by atoms with Crippen LogP contribution in [0.1, 0.15) is 36.0 Å². The molecule has 0 bridgehead atoms. The minimum Gasteiger partial charge on any atom is -0.481 e. The molecule has 1 fully saturated rings.